The summed E-state index contributed by atoms with van der Waals surface area (Å²) in [6.45, 7) is 9.02. The van der Waals surface area contributed by atoms with Gasteiger partial charge in [-0.15, -0.1) is 0 Å². The van der Waals surface area contributed by atoms with Gasteiger partial charge in [0.2, 0.25) is 0 Å². The van der Waals surface area contributed by atoms with Crippen molar-refractivity contribution in [1.29, 1.82) is 0 Å². The second-order valence-corrected chi connectivity index (χ2v) is 11.9. The number of benzene rings is 2. The summed E-state index contributed by atoms with van der Waals surface area (Å²) >= 11 is 12.9. The molecule has 9 heteroatoms. The molecule has 0 aliphatic carbocycles. The zero-order chi connectivity index (χ0) is 26.8. The Kier molecular flexibility index (Phi) is 6.04. The van der Waals surface area contributed by atoms with Crippen LogP contribution in [0.2, 0.25) is 10.0 Å². The predicted octanol–water partition coefficient (Wildman–Crippen LogP) is 6.88. The van der Waals surface area contributed by atoms with Gasteiger partial charge in [-0.2, -0.15) is 9.61 Å². The average Bonchev–Trinajstić information content (AvgIpc) is 3.56. The molecule has 38 heavy (non-hydrogen) atoms. The van der Waals surface area contributed by atoms with Crippen molar-refractivity contribution in [3.05, 3.63) is 70.3 Å². The van der Waals surface area contributed by atoms with E-state index in [9.17, 15) is 4.79 Å². The molecule has 2 aliphatic rings. The van der Waals surface area contributed by atoms with Crippen LogP contribution in [0.25, 0.3) is 28.0 Å². The van der Waals surface area contributed by atoms with Crippen molar-refractivity contribution in [3.63, 3.8) is 0 Å². The molecular weight excluding hydrogens is 521 g/mol. The number of anilines is 1. The molecule has 0 saturated carbocycles. The molecule has 0 spiro atoms. The number of hydrogen-bond acceptors (Lipinski definition) is 5. The van der Waals surface area contributed by atoms with E-state index in [2.05, 4.69) is 11.0 Å². The molecule has 2 aromatic heterocycles. The van der Waals surface area contributed by atoms with Crippen molar-refractivity contribution in [2.75, 3.05) is 18.0 Å². The molecule has 2 saturated heterocycles. The molecule has 2 atom stereocenters. The molecule has 6 rings (SSSR count). The lowest BCUT2D eigenvalue weighted by molar-refractivity contribution is 0.0214. The fourth-order valence-electron chi connectivity index (χ4n) is 5.54. The number of nitrogens with zero attached hydrogens (tertiary/aromatic N) is 5. The quantitative estimate of drug-likeness (QED) is 0.278. The van der Waals surface area contributed by atoms with Crippen LogP contribution in [0.15, 0.2) is 54.6 Å². The number of fused-ring (bicyclic) bond motifs is 3. The summed E-state index contributed by atoms with van der Waals surface area (Å²) in [4.78, 5) is 22.0. The molecule has 2 aliphatic heterocycles. The molecule has 2 bridgehead atoms. The van der Waals surface area contributed by atoms with E-state index in [4.69, 9.17) is 38.0 Å². The van der Waals surface area contributed by atoms with Crippen LogP contribution < -0.4 is 4.90 Å². The number of rotatable bonds is 3. The molecule has 1 amide bonds. The van der Waals surface area contributed by atoms with Crippen molar-refractivity contribution in [1.82, 2.24) is 19.5 Å². The van der Waals surface area contributed by atoms with Gasteiger partial charge in [-0.1, -0.05) is 53.5 Å². The lowest BCUT2D eigenvalue weighted by Crippen LogP contribution is -2.50. The van der Waals surface area contributed by atoms with E-state index in [1.165, 1.54) is 0 Å². The summed E-state index contributed by atoms with van der Waals surface area (Å²) in [7, 11) is 0. The Morgan fingerprint density at radius 3 is 2.42 bits per heavy atom. The minimum absolute atomic E-state index is 0.0905. The number of halogens is 2. The highest BCUT2D eigenvalue weighted by molar-refractivity contribution is 6.33. The predicted molar refractivity (Wildman–Crippen MR) is 151 cm³/mol. The van der Waals surface area contributed by atoms with Crippen LogP contribution in [0.5, 0.6) is 0 Å². The Hall–Kier alpha value is -3.29. The number of amides is 1. The third-order valence-corrected chi connectivity index (χ3v) is 7.70. The van der Waals surface area contributed by atoms with Crippen LogP contribution in [0, 0.1) is 6.92 Å². The van der Waals surface area contributed by atoms with E-state index < -0.39 is 5.60 Å². The van der Waals surface area contributed by atoms with Crippen LogP contribution in [0.3, 0.4) is 0 Å². The molecule has 0 N–H and O–H groups in total. The van der Waals surface area contributed by atoms with Gasteiger partial charge in [0.15, 0.2) is 5.65 Å². The largest absolute Gasteiger partial charge is 0.444 e. The zero-order valence-corrected chi connectivity index (χ0v) is 23.3. The van der Waals surface area contributed by atoms with E-state index in [1.54, 1.807) is 0 Å². The first-order valence-corrected chi connectivity index (χ1v) is 13.5. The highest BCUT2D eigenvalue weighted by atomic mass is 35.5. The molecular formula is C29H29Cl2N5O2. The van der Waals surface area contributed by atoms with Gasteiger partial charge in [0.05, 0.1) is 22.7 Å². The fraction of sp³-hybridized carbons (Fsp3) is 0.345. The zero-order valence-electron chi connectivity index (χ0n) is 21.8. The molecule has 4 heterocycles. The summed E-state index contributed by atoms with van der Waals surface area (Å²) in [6, 6.07) is 17.8. The van der Waals surface area contributed by atoms with Gasteiger partial charge in [-0.3, -0.25) is 0 Å². The minimum atomic E-state index is -0.519. The molecule has 2 fully saturated rings. The monoisotopic (exact) mass is 549 g/mol. The van der Waals surface area contributed by atoms with Crippen molar-refractivity contribution in [3.8, 4) is 22.4 Å². The summed E-state index contributed by atoms with van der Waals surface area (Å²) < 4.78 is 7.58. The number of aromatic nitrogens is 3. The Labute approximate surface area is 231 Å². The van der Waals surface area contributed by atoms with E-state index in [1.807, 2.05) is 85.6 Å². The highest BCUT2D eigenvalue weighted by Gasteiger charge is 2.47. The number of carbonyl (C=O) groups excluding carboxylic acids is 1. The maximum absolute atomic E-state index is 12.8. The van der Waals surface area contributed by atoms with Crippen molar-refractivity contribution in [2.24, 2.45) is 0 Å². The Morgan fingerprint density at radius 1 is 1.03 bits per heavy atom. The van der Waals surface area contributed by atoms with Gasteiger partial charge < -0.3 is 14.5 Å². The summed E-state index contributed by atoms with van der Waals surface area (Å²) in [5, 5.41) is 6.39. The minimum Gasteiger partial charge on any atom is -0.444 e. The second-order valence-electron chi connectivity index (χ2n) is 11.0. The van der Waals surface area contributed by atoms with Crippen LogP contribution in [-0.4, -0.2) is 56.4 Å². The Morgan fingerprint density at radius 2 is 1.76 bits per heavy atom. The first kappa shape index (κ1) is 25.0. The van der Waals surface area contributed by atoms with Crippen LogP contribution >= 0.6 is 23.2 Å². The number of carbonyl (C=O) groups is 1. The number of aryl methyl sites for hydroxylation is 1. The molecule has 7 nitrogen and oxygen atoms in total. The Balaban J connectivity index is 1.45. The topological polar surface area (TPSA) is 63.0 Å². The van der Waals surface area contributed by atoms with E-state index in [0.29, 0.717) is 23.1 Å². The Bertz CT molecular complexity index is 1540. The third-order valence-electron chi connectivity index (χ3n) is 7.12. The number of piperazine rings is 1. The number of hydrogen-bond donors (Lipinski definition) is 0. The van der Waals surface area contributed by atoms with Gasteiger partial charge >= 0.3 is 6.09 Å². The van der Waals surface area contributed by atoms with Crippen LogP contribution in [-0.2, 0) is 4.74 Å². The second kappa shape index (κ2) is 9.17. The van der Waals surface area contributed by atoms with Crippen molar-refractivity contribution >= 4 is 40.8 Å². The van der Waals surface area contributed by atoms with Crippen LogP contribution in [0.4, 0.5) is 10.6 Å². The summed E-state index contributed by atoms with van der Waals surface area (Å²) in [6.07, 6.45) is 0.649. The first-order chi connectivity index (χ1) is 18.1. The van der Waals surface area contributed by atoms with Crippen LogP contribution in [0.1, 0.15) is 32.9 Å². The van der Waals surface area contributed by atoms with E-state index in [-0.39, 0.29) is 18.2 Å². The van der Waals surface area contributed by atoms with E-state index in [0.717, 1.165) is 46.0 Å². The standard InChI is InChI=1S/C29H29Cl2N5O2/c1-17-13-24(34-15-21-14-20(34)16-35(21)28(37)38-29(2,3)4)36-27(32-17)25(18-9-11-19(30)12-10-18)26(33-36)22-7-5-6-8-23(22)31/h5-13,20-21H,14-16H2,1-4H3/t20-,21-/m0/s1. The molecule has 4 aromatic rings. The lowest BCUT2D eigenvalue weighted by atomic mass is 10.0. The molecule has 2 aromatic carbocycles. The molecule has 0 unspecified atom stereocenters. The first-order valence-electron chi connectivity index (χ1n) is 12.8. The van der Waals surface area contributed by atoms with Gasteiger partial charge in [0, 0.05) is 35.4 Å². The van der Waals surface area contributed by atoms with Crippen molar-refractivity contribution < 1.29 is 9.53 Å². The number of likely N-dealkylation sites (tertiary alicyclic amines) is 1. The highest BCUT2D eigenvalue weighted by Crippen LogP contribution is 2.41. The van der Waals surface area contributed by atoms with Gasteiger partial charge in [-0.05, 0) is 57.9 Å². The smallest absolute Gasteiger partial charge is 0.410 e. The summed E-state index contributed by atoms with van der Waals surface area (Å²) in [5.41, 5.74) is 4.59. The third kappa shape index (κ3) is 4.37. The normalized spacial score (nSPS) is 19.0. The molecule has 0 radical (unpaired) electrons. The summed E-state index contributed by atoms with van der Waals surface area (Å²) in [5.74, 6) is 0.956. The lowest BCUT2D eigenvalue weighted by Gasteiger charge is -2.36. The maximum atomic E-state index is 12.8. The van der Waals surface area contributed by atoms with Gasteiger partial charge in [0.1, 0.15) is 17.1 Å². The number of ether oxygens (including phenoxy) is 1. The van der Waals surface area contributed by atoms with Crippen molar-refractivity contribution in [2.45, 2.75) is 51.8 Å². The fourth-order valence-corrected chi connectivity index (χ4v) is 5.89. The van der Waals surface area contributed by atoms with Gasteiger partial charge in [-0.25, -0.2) is 9.78 Å². The SMILES string of the molecule is Cc1cc(N2C[C@@H]3C[C@H]2CN3C(=O)OC(C)(C)C)n2nc(-c3ccccc3Cl)c(-c3ccc(Cl)cc3)c2n1. The maximum Gasteiger partial charge on any atom is 0.410 e. The van der Waals surface area contributed by atoms with Gasteiger partial charge in [0.25, 0.3) is 0 Å². The van der Waals surface area contributed by atoms with E-state index >= 15 is 0 Å². The molecule has 196 valence electrons. The average molecular weight is 550 g/mol.